The molecular weight excluding hydrogens is 278 g/mol. The summed E-state index contributed by atoms with van der Waals surface area (Å²) < 4.78 is 10.7. The van der Waals surface area contributed by atoms with Crippen molar-refractivity contribution in [2.24, 2.45) is 4.99 Å². The number of hydrogen-bond donors (Lipinski definition) is 0. The average molecular weight is 301 g/mol. The first-order valence-corrected chi connectivity index (χ1v) is 7.41. The maximum absolute atomic E-state index is 5.40. The number of hydrogen-bond acceptors (Lipinski definition) is 5. The smallest absolute Gasteiger partial charge is 0.221 e. The summed E-state index contributed by atoms with van der Waals surface area (Å²) in [5, 5.41) is 0. The van der Waals surface area contributed by atoms with Gasteiger partial charge in [0.15, 0.2) is 0 Å². The van der Waals surface area contributed by atoms with Gasteiger partial charge in [0.1, 0.15) is 12.1 Å². The molecule has 0 aromatic carbocycles. The molecule has 0 bridgehead atoms. The van der Waals surface area contributed by atoms with Crippen LogP contribution in [0.15, 0.2) is 35.3 Å². The molecule has 1 heterocycles. The van der Waals surface area contributed by atoms with Crippen LogP contribution in [0.1, 0.15) is 49.9 Å². The van der Waals surface area contributed by atoms with E-state index in [4.69, 9.17) is 9.47 Å². The van der Waals surface area contributed by atoms with Crippen molar-refractivity contribution >= 4 is 6.21 Å². The Balaban J connectivity index is 2.33. The lowest BCUT2D eigenvalue weighted by Crippen LogP contribution is -2.05. The topological polar surface area (TPSA) is 56.6 Å². The van der Waals surface area contributed by atoms with E-state index in [1.54, 1.807) is 32.8 Å². The Kier molecular flexibility index (Phi) is 5.31. The zero-order chi connectivity index (χ0) is 16.1. The molecule has 118 valence electrons. The average Bonchev–Trinajstić information content (AvgIpc) is 3.38. The zero-order valence-corrected chi connectivity index (χ0v) is 13.7. The first kappa shape index (κ1) is 16.2. The summed E-state index contributed by atoms with van der Waals surface area (Å²) in [4.78, 5) is 13.3. The van der Waals surface area contributed by atoms with E-state index < -0.39 is 0 Å². The molecule has 1 unspecified atom stereocenters. The van der Waals surface area contributed by atoms with Crippen LogP contribution in [-0.4, -0.2) is 30.4 Å². The highest BCUT2D eigenvalue weighted by atomic mass is 16.5. The normalized spacial score (nSPS) is 17.1. The fraction of sp³-hybridized carbons (Fsp3) is 0.471. The molecule has 0 N–H and O–H groups in total. The van der Waals surface area contributed by atoms with Gasteiger partial charge in [0, 0.05) is 5.92 Å². The van der Waals surface area contributed by atoms with Crippen LogP contribution in [-0.2, 0) is 4.74 Å². The molecular formula is C17H23N3O2. The van der Waals surface area contributed by atoms with Crippen molar-refractivity contribution in [1.82, 2.24) is 9.97 Å². The zero-order valence-electron chi connectivity index (χ0n) is 13.7. The monoisotopic (exact) mass is 301 g/mol. The Morgan fingerprint density at radius 1 is 1.41 bits per heavy atom. The van der Waals surface area contributed by atoms with Crippen LogP contribution >= 0.6 is 0 Å². The molecule has 1 fully saturated rings. The second-order valence-corrected chi connectivity index (χ2v) is 5.37. The lowest BCUT2D eigenvalue weighted by atomic mass is 10.1. The van der Waals surface area contributed by atoms with E-state index in [-0.39, 0.29) is 6.04 Å². The van der Waals surface area contributed by atoms with E-state index in [2.05, 4.69) is 21.5 Å². The van der Waals surface area contributed by atoms with Gasteiger partial charge in [-0.25, -0.2) is 9.97 Å². The van der Waals surface area contributed by atoms with E-state index in [9.17, 15) is 0 Å². The Hall–Kier alpha value is -2.17. The molecule has 2 rings (SSSR count). The standard InChI is InChI=1S/C17H23N3O2/c1-6-11(2)14(21-4)9-18-12(3)15-16(13-7-8-13)19-10-20-17(15)22-5/h6,9-10,12-13H,1,7-8H2,2-5H3/b14-11-,18-9?. The number of aliphatic imine (C=N–C) groups is 1. The van der Waals surface area contributed by atoms with E-state index in [0.717, 1.165) is 16.8 Å². The van der Waals surface area contributed by atoms with Crippen LogP contribution in [0, 0.1) is 0 Å². The van der Waals surface area contributed by atoms with Gasteiger partial charge in [-0.05, 0) is 32.3 Å². The van der Waals surface area contributed by atoms with Crippen molar-refractivity contribution in [3.05, 3.63) is 41.6 Å². The number of aromatic nitrogens is 2. The van der Waals surface area contributed by atoms with Crippen molar-refractivity contribution in [3.8, 4) is 5.88 Å². The molecule has 5 nitrogen and oxygen atoms in total. The van der Waals surface area contributed by atoms with Crippen LogP contribution in [0.2, 0.25) is 0 Å². The molecule has 1 aliphatic carbocycles. The number of methoxy groups -OCH3 is 2. The minimum absolute atomic E-state index is 0.102. The number of allylic oxidation sites excluding steroid dienone is 3. The molecule has 0 radical (unpaired) electrons. The van der Waals surface area contributed by atoms with Gasteiger partial charge in [0.25, 0.3) is 0 Å². The molecule has 0 spiro atoms. The van der Waals surface area contributed by atoms with Crippen molar-refractivity contribution in [2.45, 2.75) is 38.6 Å². The summed E-state index contributed by atoms with van der Waals surface area (Å²) in [6.07, 6.45) is 7.38. The van der Waals surface area contributed by atoms with Crippen LogP contribution in [0.3, 0.4) is 0 Å². The molecule has 5 heteroatoms. The molecule has 0 amide bonds. The second kappa shape index (κ2) is 7.20. The SMILES string of the molecule is C=C/C(C)=C(/C=NC(C)c1c(OC)ncnc1C1CC1)OC. The highest BCUT2D eigenvalue weighted by molar-refractivity contribution is 5.78. The predicted molar refractivity (Wildman–Crippen MR) is 87.4 cm³/mol. The van der Waals surface area contributed by atoms with E-state index in [0.29, 0.717) is 17.6 Å². The number of rotatable bonds is 7. The minimum Gasteiger partial charge on any atom is -0.495 e. The summed E-state index contributed by atoms with van der Waals surface area (Å²) in [6.45, 7) is 7.70. The predicted octanol–water partition coefficient (Wildman–Crippen LogP) is 3.60. The van der Waals surface area contributed by atoms with Crippen LogP contribution in [0.4, 0.5) is 0 Å². The number of ether oxygens (including phenoxy) is 2. The van der Waals surface area contributed by atoms with Gasteiger partial charge in [-0.2, -0.15) is 0 Å². The highest BCUT2D eigenvalue weighted by Crippen LogP contribution is 2.44. The van der Waals surface area contributed by atoms with Gasteiger partial charge in [0.05, 0.1) is 37.7 Å². The molecule has 0 aliphatic heterocycles. The minimum atomic E-state index is -0.102. The van der Waals surface area contributed by atoms with Crippen LogP contribution in [0.25, 0.3) is 0 Å². The Morgan fingerprint density at radius 2 is 2.14 bits per heavy atom. The summed E-state index contributed by atoms with van der Waals surface area (Å²) >= 11 is 0. The fourth-order valence-electron chi connectivity index (χ4n) is 2.30. The quantitative estimate of drug-likeness (QED) is 0.438. The van der Waals surface area contributed by atoms with E-state index >= 15 is 0 Å². The summed E-state index contributed by atoms with van der Waals surface area (Å²) in [6, 6.07) is -0.102. The molecule has 1 aromatic rings. The highest BCUT2D eigenvalue weighted by Gasteiger charge is 2.31. The Morgan fingerprint density at radius 3 is 2.68 bits per heavy atom. The van der Waals surface area contributed by atoms with Gasteiger partial charge in [-0.15, -0.1) is 0 Å². The maximum atomic E-state index is 5.40. The molecule has 22 heavy (non-hydrogen) atoms. The summed E-state index contributed by atoms with van der Waals surface area (Å²) in [5.74, 6) is 1.81. The third-order valence-electron chi connectivity index (χ3n) is 3.78. The first-order chi connectivity index (χ1) is 10.6. The summed E-state index contributed by atoms with van der Waals surface area (Å²) in [5.41, 5.74) is 2.97. The van der Waals surface area contributed by atoms with Crippen LogP contribution in [0.5, 0.6) is 5.88 Å². The third kappa shape index (κ3) is 3.53. The lowest BCUT2D eigenvalue weighted by Gasteiger charge is -2.15. The molecule has 0 saturated heterocycles. The molecule has 1 atom stereocenters. The van der Waals surface area contributed by atoms with Crippen molar-refractivity contribution < 1.29 is 9.47 Å². The fourth-order valence-corrected chi connectivity index (χ4v) is 2.30. The lowest BCUT2D eigenvalue weighted by molar-refractivity contribution is 0.313. The van der Waals surface area contributed by atoms with Gasteiger partial charge in [0.2, 0.25) is 5.88 Å². The third-order valence-corrected chi connectivity index (χ3v) is 3.78. The van der Waals surface area contributed by atoms with Crippen molar-refractivity contribution in [3.63, 3.8) is 0 Å². The Labute approximate surface area is 131 Å². The molecule has 1 aromatic heterocycles. The second-order valence-electron chi connectivity index (χ2n) is 5.37. The van der Waals surface area contributed by atoms with E-state index in [1.165, 1.54) is 12.8 Å². The molecule has 1 aliphatic rings. The van der Waals surface area contributed by atoms with Gasteiger partial charge < -0.3 is 9.47 Å². The van der Waals surface area contributed by atoms with Gasteiger partial charge >= 0.3 is 0 Å². The van der Waals surface area contributed by atoms with Crippen molar-refractivity contribution in [2.75, 3.05) is 14.2 Å². The van der Waals surface area contributed by atoms with Gasteiger partial charge in [-0.3, -0.25) is 4.99 Å². The Bertz CT molecular complexity index is 604. The largest absolute Gasteiger partial charge is 0.495 e. The van der Waals surface area contributed by atoms with Crippen molar-refractivity contribution in [1.29, 1.82) is 0 Å². The molecule has 1 saturated carbocycles. The maximum Gasteiger partial charge on any atom is 0.221 e. The first-order valence-electron chi connectivity index (χ1n) is 7.41. The van der Waals surface area contributed by atoms with Crippen LogP contribution < -0.4 is 4.74 Å². The number of nitrogens with zero attached hydrogens (tertiary/aromatic N) is 3. The van der Waals surface area contributed by atoms with Gasteiger partial charge in [-0.1, -0.05) is 12.7 Å². The van der Waals surface area contributed by atoms with E-state index in [1.807, 2.05) is 13.8 Å². The summed E-state index contributed by atoms with van der Waals surface area (Å²) in [7, 11) is 3.25.